The number of ether oxygens (including phenoxy) is 2. The van der Waals surface area contributed by atoms with Crippen molar-refractivity contribution in [3.63, 3.8) is 0 Å². The number of nitrogens with one attached hydrogen (secondary N) is 2. The van der Waals surface area contributed by atoms with E-state index < -0.39 is 18.2 Å². The van der Waals surface area contributed by atoms with Crippen LogP contribution in [0.15, 0.2) is 6.20 Å². The zero-order valence-corrected chi connectivity index (χ0v) is 14.3. The molecule has 1 heterocycles. The Balaban J connectivity index is 2.72. The smallest absolute Gasteiger partial charge is 0.414 e. The third kappa shape index (κ3) is 6.04. The number of carbonyl (C=O) groups excluding carboxylic acids is 1. The first-order valence-corrected chi connectivity index (χ1v) is 7.61. The van der Waals surface area contributed by atoms with Crippen molar-refractivity contribution in [3.05, 3.63) is 17.5 Å². The van der Waals surface area contributed by atoms with E-state index in [1.54, 1.807) is 13.1 Å². The minimum absolute atomic E-state index is 0.130. The van der Waals surface area contributed by atoms with Crippen molar-refractivity contribution < 1.29 is 27.4 Å². The van der Waals surface area contributed by atoms with Crippen LogP contribution in [0.2, 0.25) is 0 Å². The van der Waals surface area contributed by atoms with E-state index in [1.165, 1.54) is 0 Å². The molecule has 24 heavy (non-hydrogen) atoms. The number of H-pyrrole nitrogens is 1. The van der Waals surface area contributed by atoms with E-state index in [0.717, 1.165) is 12.5 Å². The Morgan fingerprint density at radius 3 is 2.62 bits per heavy atom. The van der Waals surface area contributed by atoms with E-state index in [9.17, 15) is 18.0 Å². The predicted octanol–water partition coefficient (Wildman–Crippen LogP) is 2.63. The van der Waals surface area contributed by atoms with E-state index in [0.29, 0.717) is 12.2 Å². The molecule has 1 unspecified atom stereocenters. The van der Waals surface area contributed by atoms with E-state index in [2.05, 4.69) is 10.3 Å². The molecule has 0 amide bonds. The summed E-state index contributed by atoms with van der Waals surface area (Å²) in [5.74, 6) is -0.519. The summed E-state index contributed by atoms with van der Waals surface area (Å²) in [6, 6.07) is 0. The fraction of sp³-hybridized carbons (Fsp3) is 0.667. The molecule has 0 spiro atoms. The van der Waals surface area contributed by atoms with Crippen molar-refractivity contribution >= 4 is 11.7 Å². The predicted molar refractivity (Wildman–Crippen MR) is 84.1 cm³/mol. The molecule has 0 fully saturated rings. The lowest BCUT2D eigenvalue weighted by Gasteiger charge is -2.17. The van der Waals surface area contributed by atoms with Crippen LogP contribution in [0.25, 0.3) is 0 Å². The molecule has 6 nitrogen and oxygen atoms in total. The molecule has 1 aromatic rings. The number of esters is 1. The fourth-order valence-electron chi connectivity index (χ4n) is 2.00. The lowest BCUT2D eigenvalue weighted by Crippen LogP contribution is -2.30. The van der Waals surface area contributed by atoms with Crippen molar-refractivity contribution in [1.29, 1.82) is 0 Å². The Kier molecular flexibility index (Phi) is 7.56. The van der Waals surface area contributed by atoms with Gasteiger partial charge < -0.3 is 24.7 Å². The molecule has 0 bridgehead atoms. The van der Waals surface area contributed by atoms with Gasteiger partial charge in [0.25, 0.3) is 0 Å². The number of hydrogen-bond donors (Lipinski definition) is 2. The van der Waals surface area contributed by atoms with Crippen LogP contribution in [-0.2, 0) is 16.0 Å². The number of halogens is 3. The minimum atomic E-state index is -4.39. The molecule has 0 aliphatic carbocycles. The van der Waals surface area contributed by atoms with E-state index >= 15 is 0 Å². The van der Waals surface area contributed by atoms with Gasteiger partial charge in [-0.1, -0.05) is 0 Å². The van der Waals surface area contributed by atoms with Crippen LogP contribution in [-0.4, -0.2) is 62.0 Å². The Hall–Kier alpha value is -1.74. The number of alkyl halides is 3. The zero-order chi connectivity index (χ0) is 18.3. The summed E-state index contributed by atoms with van der Waals surface area (Å²) < 4.78 is 46.9. The van der Waals surface area contributed by atoms with E-state index in [1.807, 2.05) is 19.0 Å². The first-order chi connectivity index (χ1) is 11.2. The summed E-state index contributed by atoms with van der Waals surface area (Å²) in [5.41, 5.74) is 1.58. The van der Waals surface area contributed by atoms with Crippen LogP contribution < -0.4 is 5.32 Å². The molecule has 0 aromatic carbocycles. The maximum absolute atomic E-state index is 12.4. The highest BCUT2D eigenvalue weighted by Crippen LogP contribution is 2.24. The molecule has 0 radical (unpaired) electrons. The van der Waals surface area contributed by atoms with Crippen LogP contribution in [0.5, 0.6) is 0 Å². The van der Waals surface area contributed by atoms with Crippen LogP contribution >= 0.6 is 0 Å². The molecular weight excluding hydrogens is 327 g/mol. The molecule has 138 valence electrons. The van der Waals surface area contributed by atoms with Crippen LogP contribution in [0.4, 0.5) is 18.9 Å². The highest BCUT2D eigenvalue weighted by atomic mass is 19.4. The maximum Gasteiger partial charge on any atom is 0.414 e. The fourth-order valence-corrected chi connectivity index (χ4v) is 2.00. The van der Waals surface area contributed by atoms with Crippen molar-refractivity contribution in [2.45, 2.75) is 32.7 Å². The van der Waals surface area contributed by atoms with Crippen LogP contribution in [0, 0.1) is 0 Å². The summed E-state index contributed by atoms with van der Waals surface area (Å²) in [6.07, 6.45) is -4.55. The van der Waals surface area contributed by atoms with Crippen LogP contribution in [0.1, 0.15) is 29.9 Å². The van der Waals surface area contributed by atoms with Gasteiger partial charge in [0, 0.05) is 24.8 Å². The second kappa shape index (κ2) is 8.93. The molecule has 0 saturated carbocycles. The number of nitrogens with zero attached hydrogens (tertiary/aromatic N) is 1. The van der Waals surface area contributed by atoms with Crippen molar-refractivity contribution in [1.82, 2.24) is 9.88 Å². The van der Waals surface area contributed by atoms with Gasteiger partial charge in [-0.2, -0.15) is 13.2 Å². The third-order valence-corrected chi connectivity index (χ3v) is 3.16. The van der Waals surface area contributed by atoms with Crippen molar-refractivity contribution in [3.8, 4) is 0 Å². The molecule has 2 N–H and O–H groups in total. The molecule has 9 heteroatoms. The van der Waals surface area contributed by atoms with Gasteiger partial charge in [0.1, 0.15) is 5.69 Å². The van der Waals surface area contributed by atoms with Gasteiger partial charge in [0.2, 0.25) is 0 Å². The maximum atomic E-state index is 12.4. The Morgan fingerprint density at radius 2 is 2.08 bits per heavy atom. The molecule has 1 aromatic heterocycles. The van der Waals surface area contributed by atoms with Gasteiger partial charge in [-0.05, 0) is 27.9 Å². The standard InChI is InChI=1S/C15H24F3N3O3/c1-5-23-14(22)13-12(11(8-20-13)9-21(3)4)19-6-7-24-10(2)15(16,17)18/h8,10,19-20H,5-7,9H2,1-4H3. The average Bonchev–Trinajstić information content (AvgIpc) is 2.84. The summed E-state index contributed by atoms with van der Waals surface area (Å²) >= 11 is 0. The molecule has 0 aliphatic heterocycles. The lowest BCUT2D eigenvalue weighted by molar-refractivity contribution is -0.213. The molecule has 1 atom stereocenters. The highest BCUT2D eigenvalue weighted by molar-refractivity contribution is 5.94. The summed E-state index contributed by atoms with van der Waals surface area (Å²) in [4.78, 5) is 16.7. The van der Waals surface area contributed by atoms with Gasteiger partial charge in [0.05, 0.1) is 18.9 Å². The number of rotatable bonds is 9. The van der Waals surface area contributed by atoms with E-state index in [4.69, 9.17) is 9.47 Å². The topological polar surface area (TPSA) is 66.6 Å². The minimum Gasteiger partial charge on any atom is -0.461 e. The largest absolute Gasteiger partial charge is 0.461 e. The zero-order valence-electron chi connectivity index (χ0n) is 14.3. The second-order valence-electron chi connectivity index (χ2n) is 5.50. The van der Waals surface area contributed by atoms with E-state index in [-0.39, 0.29) is 25.5 Å². The SMILES string of the molecule is CCOC(=O)c1[nH]cc(CN(C)C)c1NCCOC(C)C(F)(F)F. The Morgan fingerprint density at radius 1 is 1.42 bits per heavy atom. The van der Waals surface area contributed by atoms with Gasteiger partial charge in [-0.15, -0.1) is 0 Å². The highest BCUT2D eigenvalue weighted by Gasteiger charge is 2.36. The molecular formula is C15H24F3N3O3. The molecule has 0 saturated heterocycles. The van der Waals surface area contributed by atoms with Crippen molar-refractivity contribution in [2.75, 3.05) is 39.2 Å². The third-order valence-electron chi connectivity index (χ3n) is 3.16. The quantitative estimate of drug-likeness (QED) is 0.529. The number of carbonyl (C=O) groups is 1. The van der Waals surface area contributed by atoms with Crippen LogP contribution in [0.3, 0.4) is 0 Å². The lowest BCUT2D eigenvalue weighted by atomic mass is 10.2. The number of aromatic nitrogens is 1. The van der Waals surface area contributed by atoms with Crippen molar-refractivity contribution in [2.24, 2.45) is 0 Å². The molecule has 1 rings (SSSR count). The Labute approximate surface area is 139 Å². The number of hydrogen-bond acceptors (Lipinski definition) is 5. The van der Waals surface area contributed by atoms with Gasteiger partial charge in [0.15, 0.2) is 6.10 Å². The average molecular weight is 351 g/mol. The molecule has 0 aliphatic rings. The normalized spacial score (nSPS) is 13.2. The van der Waals surface area contributed by atoms with Gasteiger partial charge >= 0.3 is 12.1 Å². The van der Waals surface area contributed by atoms with Gasteiger partial charge in [-0.25, -0.2) is 4.79 Å². The van der Waals surface area contributed by atoms with Gasteiger partial charge in [-0.3, -0.25) is 0 Å². The first kappa shape index (κ1) is 20.3. The monoisotopic (exact) mass is 351 g/mol. The summed E-state index contributed by atoms with van der Waals surface area (Å²) in [7, 11) is 3.74. The number of anilines is 1. The summed E-state index contributed by atoms with van der Waals surface area (Å²) in [5, 5.41) is 2.96. The number of aromatic amines is 1. The Bertz CT molecular complexity index is 530. The summed E-state index contributed by atoms with van der Waals surface area (Å²) in [6.45, 7) is 3.42. The first-order valence-electron chi connectivity index (χ1n) is 7.61. The second-order valence-corrected chi connectivity index (χ2v) is 5.50.